The van der Waals surface area contributed by atoms with Gasteiger partial charge in [0.15, 0.2) is 0 Å². The lowest BCUT2D eigenvalue weighted by atomic mass is 10.0. The fourth-order valence-electron chi connectivity index (χ4n) is 3.22. The second-order valence-electron chi connectivity index (χ2n) is 7.81. The van der Waals surface area contributed by atoms with E-state index in [1.807, 2.05) is 36.4 Å². The van der Waals surface area contributed by atoms with E-state index < -0.39 is 0 Å². The van der Waals surface area contributed by atoms with E-state index in [1.54, 1.807) is 6.92 Å². The van der Waals surface area contributed by atoms with E-state index in [9.17, 15) is 4.79 Å². The van der Waals surface area contributed by atoms with Crippen molar-refractivity contribution in [2.45, 2.75) is 58.3 Å². The van der Waals surface area contributed by atoms with Crippen LogP contribution in [-0.4, -0.2) is 19.2 Å². The first-order valence-electron chi connectivity index (χ1n) is 11.2. The minimum atomic E-state index is -0.288. The minimum Gasteiger partial charge on any atom is -0.494 e. The number of nitriles is 1. The largest absolute Gasteiger partial charge is 0.494 e. The molecule has 0 aromatic heterocycles. The van der Waals surface area contributed by atoms with E-state index in [1.165, 1.54) is 32.1 Å². The van der Waals surface area contributed by atoms with Gasteiger partial charge in [0.25, 0.3) is 0 Å². The summed E-state index contributed by atoms with van der Waals surface area (Å²) in [5, 5.41) is 8.89. The number of nitrogens with zero attached hydrogens (tertiary/aromatic N) is 1. The fourth-order valence-corrected chi connectivity index (χ4v) is 3.22. The van der Waals surface area contributed by atoms with Crippen LogP contribution in [0.2, 0.25) is 0 Å². The van der Waals surface area contributed by atoms with Crippen LogP contribution in [0.15, 0.2) is 60.7 Å². The van der Waals surface area contributed by atoms with Crippen LogP contribution in [0, 0.1) is 11.3 Å². The first-order chi connectivity index (χ1) is 15.1. The molecular weight excluding hydrogens is 386 g/mol. The molecule has 4 heteroatoms. The van der Waals surface area contributed by atoms with E-state index in [4.69, 9.17) is 14.7 Å². The summed E-state index contributed by atoms with van der Waals surface area (Å²) < 4.78 is 10.9. The van der Waals surface area contributed by atoms with Crippen molar-refractivity contribution in [1.29, 1.82) is 5.26 Å². The van der Waals surface area contributed by atoms with E-state index >= 15 is 0 Å². The topological polar surface area (TPSA) is 59.3 Å². The van der Waals surface area contributed by atoms with E-state index in [-0.39, 0.29) is 5.97 Å². The number of esters is 1. The minimum absolute atomic E-state index is 0.288. The lowest BCUT2D eigenvalue weighted by molar-refractivity contribution is -0.139. The lowest BCUT2D eigenvalue weighted by Gasteiger charge is -2.08. The van der Waals surface area contributed by atoms with Crippen LogP contribution in [0.4, 0.5) is 0 Å². The van der Waals surface area contributed by atoms with E-state index in [2.05, 4.69) is 24.8 Å². The molecule has 0 unspecified atom stereocenters. The summed E-state index contributed by atoms with van der Waals surface area (Å²) in [6.07, 6.45) is 9.16. The normalized spacial score (nSPS) is 10.3. The molecule has 0 atom stereocenters. The Kier molecular flexibility index (Phi) is 11.0. The van der Waals surface area contributed by atoms with Gasteiger partial charge in [-0.25, -0.2) is 4.79 Å². The summed E-state index contributed by atoms with van der Waals surface area (Å²) in [5.74, 6) is 0.606. The molecule has 2 aromatic carbocycles. The number of rotatable bonds is 14. The predicted molar refractivity (Wildman–Crippen MR) is 125 cm³/mol. The number of unbranched alkanes of at least 4 members (excludes halogenated alkanes) is 7. The monoisotopic (exact) mass is 419 g/mol. The highest BCUT2D eigenvalue weighted by atomic mass is 16.5. The van der Waals surface area contributed by atoms with Gasteiger partial charge >= 0.3 is 5.97 Å². The van der Waals surface area contributed by atoms with Crippen LogP contribution in [0.25, 0.3) is 11.1 Å². The Morgan fingerprint density at radius 3 is 1.81 bits per heavy atom. The molecule has 0 bridgehead atoms. The molecule has 0 heterocycles. The van der Waals surface area contributed by atoms with Gasteiger partial charge in [-0.05, 0) is 55.2 Å². The highest BCUT2D eigenvalue weighted by molar-refractivity contribution is 5.86. The molecular formula is C27H33NO3. The second kappa shape index (κ2) is 14.0. The van der Waals surface area contributed by atoms with Crippen LogP contribution in [0.3, 0.4) is 0 Å². The zero-order valence-corrected chi connectivity index (χ0v) is 18.6. The highest BCUT2D eigenvalue weighted by Gasteiger charge is 2.02. The van der Waals surface area contributed by atoms with Crippen LogP contribution >= 0.6 is 0 Å². The lowest BCUT2D eigenvalue weighted by Crippen LogP contribution is -2.05. The van der Waals surface area contributed by atoms with Crippen molar-refractivity contribution in [3.8, 4) is 22.9 Å². The maximum atomic E-state index is 11.2. The Hall–Kier alpha value is -3.06. The Morgan fingerprint density at radius 2 is 1.29 bits per heavy atom. The Bertz CT molecular complexity index is 848. The number of hydrogen-bond acceptors (Lipinski definition) is 4. The third-order valence-corrected chi connectivity index (χ3v) is 5.09. The van der Waals surface area contributed by atoms with Gasteiger partial charge in [-0.1, -0.05) is 69.4 Å². The molecule has 0 fully saturated rings. The maximum Gasteiger partial charge on any atom is 0.333 e. The molecule has 0 aliphatic heterocycles. The maximum absolute atomic E-state index is 11.2. The van der Waals surface area contributed by atoms with Crippen molar-refractivity contribution in [3.63, 3.8) is 0 Å². The van der Waals surface area contributed by atoms with Gasteiger partial charge in [-0.2, -0.15) is 5.26 Å². The molecule has 0 radical (unpaired) electrons. The van der Waals surface area contributed by atoms with Gasteiger partial charge in [0, 0.05) is 5.57 Å². The first-order valence-corrected chi connectivity index (χ1v) is 11.2. The highest BCUT2D eigenvalue weighted by Crippen LogP contribution is 2.23. The Labute approximate surface area is 186 Å². The van der Waals surface area contributed by atoms with E-state index in [0.717, 1.165) is 42.7 Å². The molecule has 0 saturated carbocycles. The summed E-state index contributed by atoms with van der Waals surface area (Å²) in [7, 11) is 0. The molecule has 31 heavy (non-hydrogen) atoms. The number of benzene rings is 2. The SMILES string of the molecule is C=C(C)C(=O)OCCCCCCCCCCOc1ccc(-c2ccc(C#N)cc2)cc1. The molecule has 0 aliphatic rings. The zero-order valence-electron chi connectivity index (χ0n) is 18.6. The third kappa shape index (κ3) is 9.53. The van der Waals surface area contributed by atoms with Crippen molar-refractivity contribution in [3.05, 3.63) is 66.2 Å². The average Bonchev–Trinajstić information content (AvgIpc) is 2.80. The first kappa shape index (κ1) is 24.2. The van der Waals surface area contributed by atoms with Crippen molar-refractivity contribution >= 4 is 5.97 Å². The van der Waals surface area contributed by atoms with Crippen LogP contribution in [0.5, 0.6) is 5.75 Å². The predicted octanol–water partition coefficient (Wildman–Crippen LogP) is 6.84. The van der Waals surface area contributed by atoms with Gasteiger partial charge < -0.3 is 9.47 Å². The van der Waals surface area contributed by atoms with Gasteiger partial charge in [0.2, 0.25) is 0 Å². The van der Waals surface area contributed by atoms with Gasteiger partial charge in [-0.3, -0.25) is 0 Å². The van der Waals surface area contributed by atoms with Gasteiger partial charge in [0.05, 0.1) is 24.8 Å². The van der Waals surface area contributed by atoms with E-state index in [0.29, 0.717) is 17.7 Å². The third-order valence-electron chi connectivity index (χ3n) is 5.09. The Balaban J connectivity index is 1.48. The molecule has 0 saturated heterocycles. The smallest absolute Gasteiger partial charge is 0.333 e. The summed E-state index contributed by atoms with van der Waals surface area (Å²) in [4.78, 5) is 11.2. The average molecular weight is 420 g/mol. The summed E-state index contributed by atoms with van der Waals surface area (Å²) in [6.45, 7) is 6.48. The van der Waals surface area contributed by atoms with Crippen LogP contribution < -0.4 is 4.74 Å². The number of ether oxygens (including phenoxy) is 2. The van der Waals surface area contributed by atoms with Crippen molar-refractivity contribution in [2.75, 3.05) is 13.2 Å². The molecule has 0 aliphatic carbocycles. The molecule has 2 rings (SSSR count). The molecule has 0 N–H and O–H groups in total. The standard InChI is InChI=1S/C27H33NO3/c1-22(2)27(29)31-20-10-8-6-4-3-5-7-9-19-30-26-17-15-25(16-18-26)24-13-11-23(21-28)12-14-24/h11-18H,1,3-10,19-20H2,2H3. The summed E-state index contributed by atoms with van der Waals surface area (Å²) in [5.41, 5.74) is 3.35. The fraction of sp³-hybridized carbons (Fsp3) is 0.407. The number of hydrogen-bond donors (Lipinski definition) is 0. The molecule has 4 nitrogen and oxygen atoms in total. The Morgan fingerprint density at radius 1 is 0.806 bits per heavy atom. The van der Waals surface area contributed by atoms with Crippen molar-refractivity contribution in [2.24, 2.45) is 0 Å². The zero-order chi connectivity index (χ0) is 22.3. The molecule has 0 spiro atoms. The van der Waals surface area contributed by atoms with Crippen LogP contribution in [-0.2, 0) is 9.53 Å². The van der Waals surface area contributed by atoms with Crippen molar-refractivity contribution < 1.29 is 14.3 Å². The summed E-state index contributed by atoms with van der Waals surface area (Å²) >= 11 is 0. The number of carbonyl (C=O) groups is 1. The molecule has 0 amide bonds. The van der Waals surface area contributed by atoms with Gasteiger partial charge in [0.1, 0.15) is 5.75 Å². The quantitative estimate of drug-likeness (QED) is 0.191. The second-order valence-corrected chi connectivity index (χ2v) is 7.81. The van der Waals surface area contributed by atoms with Gasteiger partial charge in [-0.15, -0.1) is 0 Å². The van der Waals surface area contributed by atoms with Crippen molar-refractivity contribution in [1.82, 2.24) is 0 Å². The molecule has 2 aromatic rings. The number of carbonyl (C=O) groups excluding carboxylic acids is 1. The summed E-state index contributed by atoms with van der Waals surface area (Å²) in [6, 6.07) is 17.8. The molecule has 164 valence electrons. The van der Waals surface area contributed by atoms with Crippen LogP contribution in [0.1, 0.15) is 63.9 Å².